The second-order valence-electron chi connectivity index (χ2n) is 6.46. The van der Waals surface area contributed by atoms with Crippen LogP contribution < -0.4 is 5.32 Å². The third kappa shape index (κ3) is 3.79. The molecule has 2 heterocycles. The van der Waals surface area contributed by atoms with E-state index in [2.05, 4.69) is 15.5 Å². The fourth-order valence-corrected chi connectivity index (χ4v) is 4.06. The number of para-hydroxylation sites is 1. The molecule has 0 spiro atoms. The second-order valence-corrected chi connectivity index (χ2v) is 7.63. The number of carbonyl (C=O) groups excluding carboxylic acids is 1. The largest absolute Gasteiger partial charge is 0.478 e. The number of amides is 1. The van der Waals surface area contributed by atoms with Crippen LogP contribution in [0.3, 0.4) is 0 Å². The Balaban J connectivity index is 1.61. The van der Waals surface area contributed by atoms with E-state index in [1.807, 2.05) is 47.7 Å². The van der Waals surface area contributed by atoms with Crippen molar-refractivity contribution in [1.82, 2.24) is 14.6 Å². The van der Waals surface area contributed by atoms with Crippen LogP contribution in [-0.4, -0.2) is 36.8 Å². The predicted molar refractivity (Wildman–Crippen MR) is 112 cm³/mol. The van der Waals surface area contributed by atoms with Crippen molar-refractivity contribution in [1.29, 1.82) is 0 Å². The van der Waals surface area contributed by atoms with Gasteiger partial charge in [0, 0.05) is 5.69 Å². The minimum atomic E-state index is -1.04. The molecule has 4 rings (SSSR count). The third-order valence-corrected chi connectivity index (χ3v) is 5.84. The quantitative estimate of drug-likeness (QED) is 0.468. The number of pyridine rings is 1. The van der Waals surface area contributed by atoms with Crippen molar-refractivity contribution in [2.24, 2.45) is 0 Å². The van der Waals surface area contributed by atoms with Gasteiger partial charge in [-0.25, -0.2) is 4.79 Å². The number of carboxylic acid groups (broad SMARTS) is 1. The lowest BCUT2D eigenvalue weighted by Gasteiger charge is -2.14. The predicted octanol–water partition coefficient (Wildman–Crippen LogP) is 4.09. The third-order valence-electron chi connectivity index (χ3n) is 4.54. The van der Waals surface area contributed by atoms with E-state index in [0.29, 0.717) is 17.3 Å². The first-order valence-corrected chi connectivity index (χ1v) is 9.98. The first kappa shape index (κ1) is 18.9. The van der Waals surface area contributed by atoms with E-state index in [1.54, 1.807) is 12.1 Å². The molecule has 0 fully saturated rings. The summed E-state index contributed by atoms with van der Waals surface area (Å²) >= 11 is 1.34. The van der Waals surface area contributed by atoms with Crippen LogP contribution in [0.2, 0.25) is 0 Å². The number of hydrogen-bond acceptors (Lipinski definition) is 5. The van der Waals surface area contributed by atoms with E-state index in [-0.39, 0.29) is 11.5 Å². The fourth-order valence-electron chi connectivity index (χ4n) is 3.09. The van der Waals surface area contributed by atoms with Crippen molar-refractivity contribution in [2.45, 2.75) is 23.8 Å². The molecule has 2 N–H and O–H groups in total. The number of rotatable bonds is 6. The van der Waals surface area contributed by atoms with Crippen molar-refractivity contribution >= 4 is 45.9 Å². The Morgan fingerprint density at radius 1 is 1.10 bits per heavy atom. The zero-order valence-corrected chi connectivity index (χ0v) is 16.4. The monoisotopic (exact) mass is 406 g/mol. The van der Waals surface area contributed by atoms with Crippen molar-refractivity contribution in [3.8, 4) is 0 Å². The number of carboxylic acids is 1. The van der Waals surface area contributed by atoms with Crippen LogP contribution in [0.4, 0.5) is 5.69 Å². The van der Waals surface area contributed by atoms with Gasteiger partial charge in [-0.3, -0.25) is 9.20 Å². The molecule has 2 aromatic heterocycles. The molecule has 4 aromatic rings. The van der Waals surface area contributed by atoms with Crippen LogP contribution in [0, 0.1) is 0 Å². The number of aromatic carboxylic acids is 1. The van der Waals surface area contributed by atoms with Crippen molar-refractivity contribution < 1.29 is 14.7 Å². The van der Waals surface area contributed by atoms with Gasteiger partial charge >= 0.3 is 5.97 Å². The molecule has 146 valence electrons. The van der Waals surface area contributed by atoms with Crippen molar-refractivity contribution in [3.63, 3.8) is 0 Å². The molecular formula is C21H18N4O3S. The summed E-state index contributed by atoms with van der Waals surface area (Å²) in [5.41, 5.74) is 2.27. The van der Waals surface area contributed by atoms with Gasteiger partial charge in [0.25, 0.3) is 0 Å². The fraction of sp³-hybridized carbons (Fsp3) is 0.143. The second kappa shape index (κ2) is 7.92. The average molecular weight is 406 g/mol. The number of hydrogen-bond donors (Lipinski definition) is 2. The summed E-state index contributed by atoms with van der Waals surface area (Å²) < 4.78 is 1.95. The van der Waals surface area contributed by atoms with Crippen molar-refractivity contribution in [3.05, 3.63) is 66.2 Å². The number of thioether (sulfide) groups is 1. The van der Waals surface area contributed by atoms with Crippen LogP contribution in [0.1, 0.15) is 23.7 Å². The normalized spacial score (nSPS) is 12.2. The molecule has 0 aliphatic heterocycles. The molecule has 8 heteroatoms. The number of anilines is 1. The molecule has 1 unspecified atom stereocenters. The van der Waals surface area contributed by atoms with Gasteiger partial charge in [-0.2, -0.15) is 0 Å². The summed E-state index contributed by atoms with van der Waals surface area (Å²) in [6.45, 7) is 1.92. The lowest BCUT2D eigenvalue weighted by atomic mass is 10.2. The summed E-state index contributed by atoms with van der Waals surface area (Å²) in [5, 5.41) is 21.7. The SMILES string of the molecule is CCC(Sc1nnc2ccc3ccccc3n12)C(=O)Nc1cccc(C(=O)O)c1. The molecule has 0 aliphatic rings. The zero-order valence-electron chi connectivity index (χ0n) is 15.6. The summed E-state index contributed by atoms with van der Waals surface area (Å²) in [5.74, 6) is -1.25. The van der Waals surface area contributed by atoms with Crippen LogP contribution >= 0.6 is 11.8 Å². The maximum atomic E-state index is 12.8. The van der Waals surface area contributed by atoms with E-state index in [9.17, 15) is 9.59 Å². The van der Waals surface area contributed by atoms with E-state index in [1.165, 1.54) is 23.9 Å². The van der Waals surface area contributed by atoms with Crippen molar-refractivity contribution in [2.75, 3.05) is 5.32 Å². The zero-order chi connectivity index (χ0) is 20.4. The highest BCUT2D eigenvalue weighted by molar-refractivity contribution is 8.00. The molecular weight excluding hydrogens is 388 g/mol. The number of nitrogens with one attached hydrogen (secondary N) is 1. The van der Waals surface area contributed by atoms with Gasteiger partial charge in [-0.1, -0.05) is 43.0 Å². The van der Waals surface area contributed by atoms with Crippen LogP contribution in [0.15, 0.2) is 65.8 Å². The number of carbonyl (C=O) groups is 2. The summed E-state index contributed by atoms with van der Waals surface area (Å²) in [6.07, 6.45) is 0.578. The van der Waals surface area contributed by atoms with Gasteiger partial charge in [0.05, 0.1) is 16.3 Å². The van der Waals surface area contributed by atoms with Gasteiger partial charge < -0.3 is 10.4 Å². The highest BCUT2D eigenvalue weighted by atomic mass is 32.2. The molecule has 0 aliphatic carbocycles. The van der Waals surface area contributed by atoms with E-state index >= 15 is 0 Å². The van der Waals surface area contributed by atoms with Gasteiger partial charge in [0.2, 0.25) is 5.91 Å². The Bertz CT molecular complexity index is 1220. The summed E-state index contributed by atoms with van der Waals surface area (Å²) in [4.78, 5) is 24.0. The molecule has 0 saturated heterocycles. The lowest BCUT2D eigenvalue weighted by molar-refractivity contribution is -0.115. The number of nitrogens with zero attached hydrogens (tertiary/aromatic N) is 3. The summed E-state index contributed by atoms with van der Waals surface area (Å²) in [7, 11) is 0. The average Bonchev–Trinajstić information content (AvgIpc) is 3.15. The Kier molecular flexibility index (Phi) is 5.18. The van der Waals surface area contributed by atoms with Gasteiger partial charge in [0.1, 0.15) is 0 Å². The first-order chi connectivity index (χ1) is 14.1. The molecule has 7 nitrogen and oxygen atoms in total. The molecule has 0 radical (unpaired) electrons. The van der Waals surface area contributed by atoms with E-state index in [4.69, 9.17) is 5.11 Å². The maximum Gasteiger partial charge on any atom is 0.335 e. The lowest BCUT2D eigenvalue weighted by Crippen LogP contribution is -2.25. The Hall–Kier alpha value is -3.39. The molecule has 0 saturated carbocycles. The summed E-state index contributed by atoms with van der Waals surface area (Å²) in [6, 6.07) is 18.0. The molecule has 1 atom stereocenters. The number of benzene rings is 2. The Morgan fingerprint density at radius 2 is 1.93 bits per heavy atom. The molecule has 2 aromatic carbocycles. The van der Waals surface area contributed by atoms with Gasteiger partial charge in [-0.05, 0) is 48.2 Å². The van der Waals surface area contributed by atoms with Gasteiger partial charge in [0.15, 0.2) is 10.8 Å². The minimum Gasteiger partial charge on any atom is -0.478 e. The number of aromatic nitrogens is 3. The first-order valence-electron chi connectivity index (χ1n) is 9.10. The Morgan fingerprint density at radius 3 is 2.72 bits per heavy atom. The Labute approximate surface area is 170 Å². The smallest absolute Gasteiger partial charge is 0.335 e. The highest BCUT2D eigenvalue weighted by Gasteiger charge is 2.22. The van der Waals surface area contributed by atoms with Crippen LogP contribution in [0.5, 0.6) is 0 Å². The molecule has 1 amide bonds. The standard InChI is InChI=1S/C21H18N4O3S/c1-2-17(19(26)22-15-8-5-7-14(12-15)20(27)28)29-21-24-23-18-11-10-13-6-3-4-9-16(13)25(18)21/h3-12,17H,2H2,1H3,(H,22,26)(H,27,28). The molecule has 0 bridgehead atoms. The van der Waals surface area contributed by atoms with E-state index in [0.717, 1.165) is 16.6 Å². The van der Waals surface area contributed by atoms with Gasteiger partial charge in [-0.15, -0.1) is 10.2 Å². The molecule has 29 heavy (non-hydrogen) atoms. The minimum absolute atomic E-state index is 0.124. The highest BCUT2D eigenvalue weighted by Crippen LogP contribution is 2.28. The van der Waals surface area contributed by atoms with Crippen LogP contribution in [-0.2, 0) is 4.79 Å². The van der Waals surface area contributed by atoms with Crippen LogP contribution in [0.25, 0.3) is 16.6 Å². The topological polar surface area (TPSA) is 96.6 Å². The maximum absolute atomic E-state index is 12.8. The number of fused-ring (bicyclic) bond motifs is 3. The van der Waals surface area contributed by atoms with E-state index < -0.39 is 11.2 Å².